The lowest BCUT2D eigenvalue weighted by Gasteiger charge is -2.13. The van der Waals surface area contributed by atoms with Gasteiger partial charge in [-0.05, 0) is 39.5 Å². The van der Waals surface area contributed by atoms with Crippen LogP contribution in [0, 0.1) is 5.92 Å². The fourth-order valence-corrected chi connectivity index (χ4v) is 1.52. The van der Waals surface area contributed by atoms with Crippen LogP contribution in [0.3, 0.4) is 0 Å². The maximum absolute atomic E-state index is 5.88. The average Bonchev–Trinajstić information content (AvgIpc) is 2.14. The number of hydrogen-bond acceptors (Lipinski definition) is 1. The van der Waals surface area contributed by atoms with Crippen molar-refractivity contribution in [2.24, 2.45) is 5.92 Å². The van der Waals surface area contributed by atoms with Crippen LogP contribution >= 0.6 is 39.1 Å². The van der Waals surface area contributed by atoms with Crippen molar-refractivity contribution in [2.45, 2.75) is 17.1 Å². The van der Waals surface area contributed by atoms with Crippen molar-refractivity contribution < 1.29 is 4.74 Å². The van der Waals surface area contributed by atoms with E-state index in [1.54, 1.807) is 0 Å². The summed E-state index contributed by atoms with van der Waals surface area (Å²) in [4.78, 5) is 0. The summed E-state index contributed by atoms with van der Waals surface area (Å²) >= 11 is 14.9. The Morgan fingerprint density at radius 2 is 1.80 bits per heavy atom. The topological polar surface area (TPSA) is 9.23 Å². The number of halogens is 3. The zero-order valence-electron chi connectivity index (χ0n) is 8.64. The highest BCUT2D eigenvalue weighted by Gasteiger charge is 2.21. The molecule has 4 heteroatoms. The van der Waals surface area contributed by atoms with E-state index in [1.165, 1.54) is 0 Å². The van der Waals surface area contributed by atoms with Gasteiger partial charge in [0.25, 0.3) is 0 Å². The summed E-state index contributed by atoms with van der Waals surface area (Å²) in [6.07, 6.45) is 0. The van der Waals surface area contributed by atoms with Crippen LogP contribution < -0.4 is 4.74 Å². The second-order valence-corrected chi connectivity index (χ2v) is 7.16. The third kappa shape index (κ3) is 4.62. The highest BCUT2D eigenvalue weighted by molar-refractivity contribution is 9.10. The van der Waals surface area contributed by atoms with Gasteiger partial charge >= 0.3 is 0 Å². The molecule has 0 fully saturated rings. The lowest BCUT2D eigenvalue weighted by atomic mass is 10.2. The molecule has 0 aromatic heterocycles. The van der Waals surface area contributed by atoms with E-state index in [4.69, 9.17) is 27.9 Å². The van der Waals surface area contributed by atoms with Gasteiger partial charge in [-0.1, -0.05) is 49.2 Å². The van der Waals surface area contributed by atoms with Crippen LogP contribution in [0.2, 0.25) is 0 Å². The molecule has 0 aliphatic rings. The molecule has 0 bridgehead atoms. The second-order valence-electron chi connectivity index (χ2n) is 3.73. The highest BCUT2D eigenvalue weighted by Crippen LogP contribution is 2.40. The van der Waals surface area contributed by atoms with E-state index in [2.05, 4.69) is 29.8 Å². The number of benzene rings is 1. The van der Waals surface area contributed by atoms with Gasteiger partial charge in [0, 0.05) is 0 Å². The van der Waals surface area contributed by atoms with Crippen LogP contribution in [-0.4, -0.2) is 6.61 Å². The van der Waals surface area contributed by atoms with Crippen molar-refractivity contribution in [1.82, 2.24) is 0 Å². The Morgan fingerprint density at radius 1 is 1.27 bits per heavy atom. The summed E-state index contributed by atoms with van der Waals surface area (Å²) in [5, 5.41) is 0. The van der Waals surface area contributed by atoms with Crippen molar-refractivity contribution in [3.63, 3.8) is 0 Å². The van der Waals surface area contributed by atoms with E-state index < -0.39 is 3.24 Å². The molecule has 0 saturated carbocycles. The van der Waals surface area contributed by atoms with Gasteiger partial charge in [0.2, 0.25) is 0 Å². The maximum atomic E-state index is 5.88. The molecule has 1 nitrogen and oxygen atoms in total. The molecule has 0 spiro atoms. The molecule has 0 amide bonds. The highest BCUT2D eigenvalue weighted by atomic mass is 79.9. The number of rotatable bonds is 4. The summed E-state index contributed by atoms with van der Waals surface area (Å²) < 4.78 is 4.51. The summed E-state index contributed by atoms with van der Waals surface area (Å²) in [6, 6.07) is 7.39. The SMILES string of the molecule is CC(C)COc1ccc(C(Cl)(Cl)Br)cc1. The summed E-state index contributed by atoms with van der Waals surface area (Å²) in [6.45, 7) is 4.92. The number of ether oxygens (including phenoxy) is 1. The molecule has 15 heavy (non-hydrogen) atoms. The van der Waals surface area contributed by atoms with Gasteiger partial charge in [-0.2, -0.15) is 0 Å². The molecule has 0 unspecified atom stereocenters. The van der Waals surface area contributed by atoms with E-state index in [1.807, 2.05) is 24.3 Å². The van der Waals surface area contributed by atoms with E-state index in [0.717, 1.165) is 11.3 Å². The first-order valence-electron chi connectivity index (χ1n) is 4.69. The standard InChI is InChI=1S/C11H13BrCl2O/c1-8(2)7-15-10-5-3-9(4-6-10)11(12,13)14/h3-6,8H,7H2,1-2H3. The largest absolute Gasteiger partial charge is 0.493 e. The maximum Gasteiger partial charge on any atom is 0.197 e. The van der Waals surface area contributed by atoms with Crippen LogP contribution in [0.4, 0.5) is 0 Å². The number of alkyl halides is 3. The van der Waals surface area contributed by atoms with Gasteiger partial charge in [-0.15, -0.1) is 0 Å². The van der Waals surface area contributed by atoms with Gasteiger partial charge in [0.1, 0.15) is 5.75 Å². The van der Waals surface area contributed by atoms with Gasteiger partial charge in [-0.25, -0.2) is 0 Å². The Hall–Kier alpha value is 0.0800. The second kappa shape index (κ2) is 5.42. The van der Waals surface area contributed by atoms with Crippen molar-refractivity contribution in [3.8, 4) is 5.75 Å². The summed E-state index contributed by atoms with van der Waals surface area (Å²) in [7, 11) is 0. The number of hydrogen-bond donors (Lipinski definition) is 0. The minimum absolute atomic E-state index is 0.515. The molecule has 0 saturated heterocycles. The van der Waals surface area contributed by atoms with E-state index in [9.17, 15) is 0 Å². The normalized spacial score (nSPS) is 11.9. The lowest BCUT2D eigenvalue weighted by molar-refractivity contribution is 0.271. The summed E-state index contributed by atoms with van der Waals surface area (Å²) in [5.41, 5.74) is 0.794. The molecule has 0 N–H and O–H groups in total. The van der Waals surface area contributed by atoms with Crippen molar-refractivity contribution in [2.75, 3.05) is 6.61 Å². The third-order valence-electron chi connectivity index (χ3n) is 1.76. The zero-order chi connectivity index (χ0) is 11.5. The predicted octanol–water partition coefficient (Wildman–Crippen LogP) is 4.70. The molecule has 1 aromatic rings. The van der Waals surface area contributed by atoms with Gasteiger partial charge in [0.05, 0.1) is 6.61 Å². The lowest BCUT2D eigenvalue weighted by Crippen LogP contribution is -2.05. The average molecular weight is 312 g/mol. The van der Waals surface area contributed by atoms with Crippen molar-refractivity contribution >= 4 is 39.1 Å². The van der Waals surface area contributed by atoms with Crippen LogP contribution in [0.15, 0.2) is 24.3 Å². The Balaban J connectivity index is 2.65. The molecular formula is C11H13BrCl2O. The van der Waals surface area contributed by atoms with Gasteiger partial charge in [-0.3, -0.25) is 0 Å². The summed E-state index contributed by atoms with van der Waals surface area (Å²) in [5.74, 6) is 1.35. The fourth-order valence-electron chi connectivity index (χ4n) is 1.00. The minimum Gasteiger partial charge on any atom is -0.493 e. The predicted molar refractivity (Wildman–Crippen MR) is 69.1 cm³/mol. The Kier molecular flexibility index (Phi) is 4.75. The van der Waals surface area contributed by atoms with Crippen molar-refractivity contribution in [1.29, 1.82) is 0 Å². The van der Waals surface area contributed by atoms with Crippen LogP contribution in [-0.2, 0) is 3.24 Å². The first kappa shape index (κ1) is 13.1. The smallest absolute Gasteiger partial charge is 0.197 e. The van der Waals surface area contributed by atoms with Gasteiger partial charge in [0.15, 0.2) is 3.24 Å². The van der Waals surface area contributed by atoms with E-state index >= 15 is 0 Å². The quantitative estimate of drug-likeness (QED) is 0.732. The molecule has 1 rings (SSSR count). The zero-order valence-corrected chi connectivity index (χ0v) is 11.7. The molecule has 0 atom stereocenters. The Morgan fingerprint density at radius 3 is 2.20 bits per heavy atom. The van der Waals surface area contributed by atoms with Crippen LogP contribution in [0.1, 0.15) is 19.4 Å². The Labute approximate surface area is 109 Å². The molecular weight excluding hydrogens is 299 g/mol. The molecule has 0 aliphatic heterocycles. The first-order valence-corrected chi connectivity index (χ1v) is 6.24. The molecule has 1 aromatic carbocycles. The van der Waals surface area contributed by atoms with Crippen LogP contribution in [0.5, 0.6) is 5.75 Å². The third-order valence-corrected chi connectivity index (χ3v) is 2.66. The van der Waals surface area contributed by atoms with Gasteiger partial charge < -0.3 is 4.74 Å². The minimum atomic E-state index is -1.02. The monoisotopic (exact) mass is 310 g/mol. The Bertz CT molecular complexity index is 303. The van der Waals surface area contributed by atoms with E-state index in [-0.39, 0.29) is 0 Å². The molecule has 84 valence electrons. The van der Waals surface area contributed by atoms with E-state index in [0.29, 0.717) is 12.5 Å². The molecule has 0 aliphatic carbocycles. The fraction of sp³-hybridized carbons (Fsp3) is 0.455. The first-order chi connectivity index (χ1) is 6.89. The molecule has 0 radical (unpaired) electrons. The van der Waals surface area contributed by atoms with Crippen molar-refractivity contribution in [3.05, 3.63) is 29.8 Å². The van der Waals surface area contributed by atoms with Crippen LogP contribution in [0.25, 0.3) is 0 Å². The molecule has 0 heterocycles.